The molecule has 0 saturated carbocycles. The number of amides is 1. The predicted octanol–water partition coefficient (Wildman–Crippen LogP) is 4.11. The van der Waals surface area contributed by atoms with Crippen LogP contribution in [0.5, 0.6) is 0 Å². The average Bonchev–Trinajstić information content (AvgIpc) is 3.12. The molecule has 30 heavy (non-hydrogen) atoms. The Bertz CT molecular complexity index is 903. The van der Waals surface area contributed by atoms with Gasteiger partial charge in [-0.1, -0.05) is 32.4 Å². The molecular formula is C24H33N3O3. The number of aryl methyl sites for hydroxylation is 2. The van der Waals surface area contributed by atoms with Gasteiger partial charge in [-0.3, -0.25) is 9.59 Å². The minimum Gasteiger partial charge on any atom is -0.466 e. The van der Waals surface area contributed by atoms with Gasteiger partial charge in [-0.25, -0.2) is 4.68 Å². The van der Waals surface area contributed by atoms with Gasteiger partial charge in [-0.05, 0) is 57.2 Å². The maximum absolute atomic E-state index is 13.6. The number of hydrogen-bond acceptors (Lipinski definition) is 4. The molecule has 1 aromatic heterocycles. The standard InChI is InChI=1S/C24H33N3O3/c1-5-10-20-22(21(6-2)27(25-20)19-13-8-11-17(4)15-19)23(28)26-14-9-12-18(16-26)24(29)30-7-3/h8,11,13,15,18H,5-7,9-10,12,14,16H2,1-4H3. The van der Waals surface area contributed by atoms with E-state index in [9.17, 15) is 9.59 Å². The fraction of sp³-hybridized carbons (Fsp3) is 0.542. The van der Waals surface area contributed by atoms with Crippen LogP contribution >= 0.6 is 0 Å². The first kappa shape index (κ1) is 22.1. The molecule has 3 rings (SSSR count). The van der Waals surface area contributed by atoms with Crippen molar-refractivity contribution in [1.29, 1.82) is 0 Å². The molecule has 1 unspecified atom stereocenters. The maximum atomic E-state index is 13.6. The second-order valence-corrected chi connectivity index (χ2v) is 7.97. The van der Waals surface area contributed by atoms with Gasteiger partial charge in [-0.15, -0.1) is 0 Å². The smallest absolute Gasteiger partial charge is 0.310 e. The van der Waals surface area contributed by atoms with Crippen molar-refractivity contribution in [1.82, 2.24) is 14.7 Å². The van der Waals surface area contributed by atoms with E-state index in [2.05, 4.69) is 32.9 Å². The summed E-state index contributed by atoms with van der Waals surface area (Å²) in [7, 11) is 0. The second kappa shape index (κ2) is 9.92. The highest BCUT2D eigenvalue weighted by Crippen LogP contribution is 2.26. The van der Waals surface area contributed by atoms with Crippen molar-refractivity contribution in [3.8, 4) is 5.69 Å². The fourth-order valence-corrected chi connectivity index (χ4v) is 4.23. The number of hydrogen-bond donors (Lipinski definition) is 0. The molecule has 1 atom stereocenters. The van der Waals surface area contributed by atoms with Crippen LogP contribution in [-0.4, -0.2) is 46.3 Å². The number of benzene rings is 1. The quantitative estimate of drug-likeness (QED) is 0.643. The van der Waals surface area contributed by atoms with Crippen LogP contribution in [0.2, 0.25) is 0 Å². The number of nitrogens with zero attached hydrogens (tertiary/aromatic N) is 3. The molecule has 1 saturated heterocycles. The summed E-state index contributed by atoms with van der Waals surface area (Å²) in [5.74, 6) is -0.452. The first-order valence-corrected chi connectivity index (χ1v) is 11.1. The monoisotopic (exact) mass is 411 g/mol. The Morgan fingerprint density at radius 2 is 2.03 bits per heavy atom. The minimum atomic E-state index is -0.242. The van der Waals surface area contributed by atoms with E-state index in [1.165, 1.54) is 0 Å². The van der Waals surface area contributed by atoms with Crippen LogP contribution in [-0.2, 0) is 22.4 Å². The Hall–Kier alpha value is -2.63. The number of rotatable bonds is 7. The van der Waals surface area contributed by atoms with Crippen molar-refractivity contribution >= 4 is 11.9 Å². The lowest BCUT2D eigenvalue weighted by Gasteiger charge is -2.31. The SMILES string of the molecule is CCCc1nn(-c2cccc(C)c2)c(CC)c1C(=O)N1CCCC(C(=O)OCC)C1. The third-order valence-electron chi connectivity index (χ3n) is 5.66. The summed E-state index contributed by atoms with van der Waals surface area (Å²) in [5.41, 5.74) is 4.63. The van der Waals surface area contributed by atoms with E-state index < -0.39 is 0 Å². The molecule has 6 heteroatoms. The number of aromatic nitrogens is 2. The topological polar surface area (TPSA) is 64.4 Å². The lowest BCUT2D eigenvalue weighted by molar-refractivity contribution is -0.149. The van der Waals surface area contributed by atoms with Gasteiger partial charge in [0, 0.05) is 13.1 Å². The molecule has 1 aliphatic heterocycles. The van der Waals surface area contributed by atoms with E-state index in [1.54, 1.807) is 0 Å². The Balaban J connectivity index is 1.97. The van der Waals surface area contributed by atoms with E-state index in [0.717, 1.165) is 48.3 Å². The molecule has 2 heterocycles. The third kappa shape index (κ3) is 4.58. The molecule has 2 aromatic rings. The first-order chi connectivity index (χ1) is 14.5. The van der Waals surface area contributed by atoms with Crippen LogP contribution in [0.3, 0.4) is 0 Å². The van der Waals surface area contributed by atoms with Crippen molar-refractivity contribution in [3.63, 3.8) is 0 Å². The van der Waals surface area contributed by atoms with Gasteiger partial charge < -0.3 is 9.64 Å². The Kier molecular flexibility index (Phi) is 7.29. The number of esters is 1. The fourth-order valence-electron chi connectivity index (χ4n) is 4.23. The Labute approximate surface area is 179 Å². The molecular weight excluding hydrogens is 378 g/mol. The second-order valence-electron chi connectivity index (χ2n) is 7.97. The summed E-state index contributed by atoms with van der Waals surface area (Å²) in [6.07, 6.45) is 3.96. The number of ether oxygens (including phenoxy) is 1. The molecule has 0 N–H and O–H groups in total. The highest BCUT2D eigenvalue weighted by Gasteiger charge is 2.33. The molecule has 0 spiro atoms. The highest BCUT2D eigenvalue weighted by molar-refractivity contribution is 5.97. The molecule has 0 bridgehead atoms. The molecule has 1 aromatic carbocycles. The van der Waals surface area contributed by atoms with Gasteiger partial charge in [0.15, 0.2) is 0 Å². The van der Waals surface area contributed by atoms with Crippen molar-refractivity contribution < 1.29 is 14.3 Å². The Morgan fingerprint density at radius 3 is 2.70 bits per heavy atom. The molecule has 1 amide bonds. The molecule has 1 fully saturated rings. The largest absolute Gasteiger partial charge is 0.466 e. The summed E-state index contributed by atoms with van der Waals surface area (Å²) in [4.78, 5) is 27.7. The number of likely N-dealkylation sites (tertiary alicyclic amines) is 1. The zero-order valence-corrected chi connectivity index (χ0v) is 18.6. The van der Waals surface area contributed by atoms with Crippen LogP contribution in [0.15, 0.2) is 24.3 Å². The number of carbonyl (C=O) groups excluding carboxylic acids is 2. The number of piperidine rings is 1. The lowest BCUT2D eigenvalue weighted by atomic mass is 9.96. The maximum Gasteiger partial charge on any atom is 0.310 e. The van der Waals surface area contributed by atoms with E-state index in [4.69, 9.17) is 9.84 Å². The third-order valence-corrected chi connectivity index (χ3v) is 5.66. The van der Waals surface area contributed by atoms with Crippen LogP contribution in [0.4, 0.5) is 0 Å². The van der Waals surface area contributed by atoms with Gasteiger partial charge in [0.2, 0.25) is 0 Å². The van der Waals surface area contributed by atoms with E-state index in [-0.39, 0.29) is 17.8 Å². The summed E-state index contributed by atoms with van der Waals surface area (Å²) in [6, 6.07) is 8.19. The molecule has 6 nitrogen and oxygen atoms in total. The summed E-state index contributed by atoms with van der Waals surface area (Å²) in [5, 5.41) is 4.86. The van der Waals surface area contributed by atoms with E-state index >= 15 is 0 Å². The summed E-state index contributed by atoms with van der Waals surface area (Å²) in [6.45, 7) is 9.49. The normalized spacial score (nSPS) is 16.5. The average molecular weight is 412 g/mol. The molecule has 0 aliphatic carbocycles. The van der Waals surface area contributed by atoms with Gasteiger partial charge in [0.25, 0.3) is 5.91 Å². The van der Waals surface area contributed by atoms with E-state index in [0.29, 0.717) is 31.7 Å². The van der Waals surface area contributed by atoms with Gasteiger partial charge in [0.05, 0.1) is 35.2 Å². The summed E-state index contributed by atoms with van der Waals surface area (Å²) < 4.78 is 7.13. The molecule has 0 radical (unpaired) electrons. The minimum absolute atomic E-state index is 0.0109. The zero-order chi connectivity index (χ0) is 21.7. The predicted molar refractivity (Wildman–Crippen MR) is 117 cm³/mol. The van der Waals surface area contributed by atoms with Crippen LogP contribution in [0.25, 0.3) is 5.69 Å². The number of carbonyl (C=O) groups is 2. The summed E-state index contributed by atoms with van der Waals surface area (Å²) >= 11 is 0. The van der Waals surface area contributed by atoms with Crippen LogP contribution in [0, 0.1) is 12.8 Å². The highest BCUT2D eigenvalue weighted by atomic mass is 16.5. The van der Waals surface area contributed by atoms with Gasteiger partial charge in [-0.2, -0.15) is 5.10 Å². The Morgan fingerprint density at radius 1 is 1.23 bits per heavy atom. The van der Waals surface area contributed by atoms with Crippen LogP contribution < -0.4 is 0 Å². The van der Waals surface area contributed by atoms with Crippen molar-refractivity contribution in [2.75, 3.05) is 19.7 Å². The molecule has 162 valence electrons. The van der Waals surface area contributed by atoms with Crippen molar-refractivity contribution in [2.45, 2.75) is 59.8 Å². The van der Waals surface area contributed by atoms with Gasteiger partial charge in [0.1, 0.15) is 0 Å². The van der Waals surface area contributed by atoms with Crippen LogP contribution in [0.1, 0.15) is 67.3 Å². The van der Waals surface area contributed by atoms with Crippen molar-refractivity contribution in [2.24, 2.45) is 5.92 Å². The lowest BCUT2D eigenvalue weighted by Crippen LogP contribution is -2.43. The molecule has 1 aliphatic rings. The van der Waals surface area contributed by atoms with Gasteiger partial charge >= 0.3 is 5.97 Å². The first-order valence-electron chi connectivity index (χ1n) is 11.1. The van der Waals surface area contributed by atoms with E-state index in [1.807, 2.05) is 28.6 Å². The van der Waals surface area contributed by atoms with Crippen molar-refractivity contribution in [3.05, 3.63) is 46.8 Å². The zero-order valence-electron chi connectivity index (χ0n) is 18.6.